The summed E-state index contributed by atoms with van der Waals surface area (Å²) in [6, 6.07) is 4.42. The number of carboxylic acids is 2. The van der Waals surface area contributed by atoms with Crippen molar-refractivity contribution in [1.29, 1.82) is 0 Å². The van der Waals surface area contributed by atoms with Gasteiger partial charge >= 0.3 is 18.0 Å². The monoisotopic (exact) mass is 296 g/mol. The lowest BCUT2D eigenvalue weighted by Crippen LogP contribution is -2.47. The highest BCUT2D eigenvalue weighted by molar-refractivity contribution is 5.96. The van der Waals surface area contributed by atoms with E-state index in [4.69, 9.17) is 14.9 Å². The number of nitrogens with zero attached hydrogens (tertiary/aromatic N) is 1. The number of anilines is 1. The number of aliphatic carboxylic acids is 2. The van der Waals surface area contributed by atoms with Crippen LogP contribution < -0.4 is 15.0 Å². The summed E-state index contributed by atoms with van der Waals surface area (Å²) in [6.07, 6.45) is -0.708. The lowest BCUT2D eigenvalue weighted by molar-refractivity contribution is -0.145. The van der Waals surface area contributed by atoms with E-state index in [-0.39, 0.29) is 0 Å². The number of carbonyl (C=O) groups is 3. The minimum Gasteiger partial charge on any atom is -0.495 e. The topological polar surface area (TPSA) is 116 Å². The molecule has 0 aliphatic carbocycles. The molecule has 0 unspecified atom stereocenters. The fraction of sp³-hybridized carbons (Fsp3) is 0.308. The number of rotatable bonds is 6. The van der Waals surface area contributed by atoms with Crippen molar-refractivity contribution >= 4 is 23.7 Å². The zero-order valence-corrected chi connectivity index (χ0v) is 11.6. The van der Waals surface area contributed by atoms with Crippen molar-refractivity contribution < 1.29 is 29.3 Å². The van der Waals surface area contributed by atoms with Gasteiger partial charge in [-0.1, -0.05) is 12.1 Å². The highest BCUT2D eigenvalue weighted by Crippen LogP contribution is 2.26. The van der Waals surface area contributed by atoms with Crippen LogP contribution in [0, 0.1) is 0 Å². The number of nitrogens with one attached hydrogen (secondary N) is 1. The van der Waals surface area contributed by atoms with E-state index in [1.165, 1.54) is 14.2 Å². The van der Waals surface area contributed by atoms with E-state index in [9.17, 15) is 14.4 Å². The molecular formula is C13H16N2O6. The van der Waals surface area contributed by atoms with Gasteiger partial charge in [0.25, 0.3) is 0 Å². The summed E-state index contributed by atoms with van der Waals surface area (Å²) in [6.45, 7) is 0. The molecule has 0 aromatic heterocycles. The summed E-state index contributed by atoms with van der Waals surface area (Å²) in [5.41, 5.74) is 0.428. The predicted molar refractivity (Wildman–Crippen MR) is 73.6 cm³/mol. The van der Waals surface area contributed by atoms with E-state index in [1.807, 2.05) is 0 Å². The van der Waals surface area contributed by atoms with Crippen LogP contribution in [0.1, 0.15) is 6.42 Å². The van der Waals surface area contributed by atoms with E-state index >= 15 is 0 Å². The molecule has 1 aromatic rings. The van der Waals surface area contributed by atoms with Crippen LogP contribution in [0.3, 0.4) is 0 Å². The predicted octanol–water partition coefficient (Wildman–Crippen LogP) is 0.769. The van der Waals surface area contributed by atoms with Gasteiger partial charge in [-0.2, -0.15) is 0 Å². The van der Waals surface area contributed by atoms with E-state index in [0.29, 0.717) is 11.4 Å². The van der Waals surface area contributed by atoms with Gasteiger partial charge in [-0.15, -0.1) is 0 Å². The smallest absolute Gasteiger partial charge is 0.326 e. The summed E-state index contributed by atoms with van der Waals surface area (Å²) in [7, 11) is 2.86. The Morgan fingerprint density at radius 1 is 1.29 bits per heavy atom. The molecule has 1 aromatic carbocycles. The van der Waals surface area contributed by atoms with E-state index in [0.717, 1.165) is 4.90 Å². The molecule has 0 heterocycles. The molecule has 8 heteroatoms. The lowest BCUT2D eigenvalue weighted by atomic mass is 10.2. The molecule has 1 atom stereocenters. The van der Waals surface area contributed by atoms with Crippen molar-refractivity contribution in [1.82, 2.24) is 5.32 Å². The maximum absolute atomic E-state index is 12.0. The normalized spacial score (nSPS) is 11.3. The lowest BCUT2D eigenvalue weighted by Gasteiger charge is -2.22. The summed E-state index contributed by atoms with van der Waals surface area (Å²) < 4.78 is 5.10. The number of para-hydroxylation sites is 2. The van der Waals surface area contributed by atoms with Gasteiger partial charge < -0.3 is 20.3 Å². The fourth-order valence-electron chi connectivity index (χ4n) is 1.64. The third-order valence-corrected chi connectivity index (χ3v) is 2.73. The van der Waals surface area contributed by atoms with Gasteiger partial charge in [-0.3, -0.25) is 9.69 Å². The first-order valence-corrected chi connectivity index (χ1v) is 5.98. The fourth-order valence-corrected chi connectivity index (χ4v) is 1.64. The molecule has 2 amide bonds. The maximum atomic E-state index is 12.0. The molecule has 3 N–H and O–H groups in total. The molecule has 0 aliphatic heterocycles. The number of methoxy groups -OCH3 is 1. The number of hydrogen-bond acceptors (Lipinski definition) is 4. The van der Waals surface area contributed by atoms with Gasteiger partial charge in [0, 0.05) is 7.05 Å². The largest absolute Gasteiger partial charge is 0.495 e. The molecule has 0 spiro atoms. The quantitative estimate of drug-likeness (QED) is 0.714. The van der Waals surface area contributed by atoms with Gasteiger partial charge in [0.1, 0.15) is 11.8 Å². The Hall–Kier alpha value is -2.77. The van der Waals surface area contributed by atoms with Crippen molar-refractivity contribution in [2.45, 2.75) is 12.5 Å². The average Bonchev–Trinajstić information content (AvgIpc) is 2.45. The van der Waals surface area contributed by atoms with Crippen LogP contribution in [-0.4, -0.2) is 48.4 Å². The molecule has 0 fully saturated rings. The van der Waals surface area contributed by atoms with Gasteiger partial charge in [-0.05, 0) is 12.1 Å². The first-order valence-electron chi connectivity index (χ1n) is 5.98. The van der Waals surface area contributed by atoms with Crippen molar-refractivity contribution in [2.75, 3.05) is 19.1 Å². The zero-order chi connectivity index (χ0) is 16.0. The molecule has 0 bridgehead atoms. The Labute approximate surface area is 120 Å². The Bertz CT molecular complexity index is 545. The second kappa shape index (κ2) is 7.13. The highest BCUT2D eigenvalue weighted by Gasteiger charge is 2.25. The maximum Gasteiger partial charge on any atom is 0.326 e. The number of amides is 2. The molecule has 21 heavy (non-hydrogen) atoms. The first kappa shape index (κ1) is 16.3. The Morgan fingerprint density at radius 2 is 1.90 bits per heavy atom. The number of benzene rings is 1. The van der Waals surface area contributed by atoms with Crippen LogP contribution in [0.25, 0.3) is 0 Å². The van der Waals surface area contributed by atoms with Crippen LogP contribution in [-0.2, 0) is 9.59 Å². The Kier molecular flexibility index (Phi) is 5.53. The van der Waals surface area contributed by atoms with E-state index < -0.39 is 30.4 Å². The second-order valence-electron chi connectivity index (χ2n) is 4.17. The van der Waals surface area contributed by atoms with Crippen molar-refractivity contribution in [3.05, 3.63) is 24.3 Å². The van der Waals surface area contributed by atoms with Gasteiger partial charge in [-0.25, -0.2) is 9.59 Å². The molecule has 0 saturated heterocycles. The Morgan fingerprint density at radius 3 is 2.43 bits per heavy atom. The SMILES string of the molecule is COc1ccccc1N(C)C(=O)N[C@@H](CC(=O)O)C(=O)O. The number of carboxylic acid groups (broad SMARTS) is 2. The Balaban J connectivity index is 2.86. The van der Waals surface area contributed by atoms with Crippen LogP contribution in [0.15, 0.2) is 24.3 Å². The van der Waals surface area contributed by atoms with Gasteiger partial charge in [0.15, 0.2) is 0 Å². The van der Waals surface area contributed by atoms with Crippen LogP contribution in [0.2, 0.25) is 0 Å². The molecule has 0 saturated carbocycles. The number of ether oxygens (including phenoxy) is 1. The van der Waals surface area contributed by atoms with Crippen molar-refractivity contribution in [2.24, 2.45) is 0 Å². The average molecular weight is 296 g/mol. The van der Waals surface area contributed by atoms with Crippen molar-refractivity contribution in [3.63, 3.8) is 0 Å². The third-order valence-electron chi connectivity index (χ3n) is 2.73. The number of carbonyl (C=O) groups excluding carboxylic acids is 1. The summed E-state index contributed by atoms with van der Waals surface area (Å²) in [5, 5.41) is 19.7. The minimum absolute atomic E-state index is 0.428. The standard InChI is InChI=1S/C13H16N2O6/c1-15(9-5-3-4-6-10(9)21-2)13(20)14-8(12(18)19)7-11(16)17/h3-6,8H,7H2,1-2H3,(H,14,20)(H,16,17)(H,18,19)/t8-/m0/s1. The molecule has 0 radical (unpaired) electrons. The van der Waals surface area contributed by atoms with Crippen LogP contribution in [0.4, 0.5) is 10.5 Å². The summed E-state index contributed by atoms with van der Waals surface area (Å²) in [4.78, 5) is 34.7. The summed E-state index contributed by atoms with van der Waals surface area (Å²) >= 11 is 0. The van der Waals surface area contributed by atoms with Crippen LogP contribution in [0.5, 0.6) is 5.75 Å². The number of urea groups is 1. The highest BCUT2D eigenvalue weighted by atomic mass is 16.5. The molecule has 114 valence electrons. The summed E-state index contributed by atoms with van der Waals surface area (Å²) in [5.74, 6) is -2.30. The van der Waals surface area contributed by atoms with Gasteiger partial charge in [0.05, 0.1) is 19.2 Å². The van der Waals surface area contributed by atoms with E-state index in [2.05, 4.69) is 5.32 Å². The zero-order valence-electron chi connectivity index (χ0n) is 11.6. The molecule has 8 nitrogen and oxygen atoms in total. The van der Waals surface area contributed by atoms with Gasteiger partial charge in [0.2, 0.25) is 0 Å². The minimum atomic E-state index is -1.51. The third kappa shape index (κ3) is 4.37. The molecule has 1 rings (SSSR count). The van der Waals surface area contributed by atoms with E-state index in [1.54, 1.807) is 24.3 Å². The second-order valence-corrected chi connectivity index (χ2v) is 4.17. The molecular weight excluding hydrogens is 280 g/mol. The molecule has 0 aliphatic rings. The first-order chi connectivity index (χ1) is 9.86. The number of hydrogen-bond donors (Lipinski definition) is 3. The van der Waals surface area contributed by atoms with Crippen molar-refractivity contribution in [3.8, 4) is 5.75 Å². The van der Waals surface area contributed by atoms with Crippen LogP contribution >= 0.6 is 0 Å².